The fraction of sp³-hybridized carbons (Fsp3) is 0.883. The maximum absolute atomic E-state index is 13.6. The molecule has 1 unspecified atom stereocenters. The van der Waals surface area contributed by atoms with Gasteiger partial charge in [-0.3, -0.25) is 62.3 Å². The van der Waals surface area contributed by atoms with Crippen molar-refractivity contribution in [2.24, 2.45) is 74.4 Å². The zero-order valence-corrected chi connectivity index (χ0v) is 98.7. The van der Waals surface area contributed by atoms with Crippen LogP contribution in [0.2, 0.25) is 0 Å². The summed E-state index contributed by atoms with van der Waals surface area (Å²) in [6, 6.07) is 0.492. The molecule has 36 heteroatoms. The summed E-state index contributed by atoms with van der Waals surface area (Å²) in [4.78, 5) is 157. The van der Waals surface area contributed by atoms with Gasteiger partial charge in [-0.25, -0.2) is 39.5 Å². The second-order valence-electron chi connectivity index (χ2n) is 50.6. The lowest BCUT2D eigenvalue weighted by molar-refractivity contribution is -0.143. The van der Waals surface area contributed by atoms with Gasteiger partial charge in [0.2, 0.25) is 76.8 Å². The predicted molar refractivity (Wildman–Crippen MR) is 570 cm³/mol. The van der Waals surface area contributed by atoms with Gasteiger partial charge in [0.15, 0.2) is 0 Å². The summed E-state index contributed by atoms with van der Waals surface area (Å²) in [5.41, 5.74) is -4.04. The molecule has 10 fully saturated rings. The van der Waals surface area contributed by atoms with Crippen molar-refractivity contribution in [1.29, 1.82) is 0 Å². The first-order valence-corrected chi connectivity index (χ1v) is 54.0. The van der Waals surface area contributed by atoms with Gasteiger partial charge in [0.1, 0.15) is 11.2 Å². The lowest BCUT2D eigenvalue weighted by Crippen LogP contribution is -2.49. The lowest BCUT2D eigenvalue weighted by Gasteiger charge is -2.36. The van der Waals surface area contributed by atoms with Crippen LogP contribution in [-0.2, 0) is 67.1 Å². The number of nitrogens with zero attached hydrogens (tertiary/aromatic N) is 6. The molecular weight excluding hydrogens is 1910 g/mol. The first kappa shape index (κ1) is 144. The summed E-state index contributed by atoms with van der Waals surface area (Å²) in [5.74, 6) is -9.75. The van der Waals surface area contributed by atoms with Crippen LogP contribution in [0.3, 0.4) is 0 Å². The number of hydrogen-bond acceptors (Lipinski definition) is 14. The molecular formula is C111H206F9N13O14. The van der Waals surface area contributed by atoms with E-state index in [2.05, 4.69) is 51.1 Å². The molecule has 0 aromatic rings. The second-order valence-corrected chi connectivity index (χ2v) is 50.6. The normalized spacial score (nSPS) is 19.4. The van der Waals surface area contributed by atoms with Crippen LogP contribution < -0.4 is 37.2 Å². The van der Waals surface area contributed by atoms with E-state index in [4.69, 9.17) is 4.74 Å². The molecule has 10 aliphatic rings. The van der Waals surface area contributed by atoms with E-state index in [1.807, 2.05) is 188 Å². The predicted octanol–water partition coefficient (Wildman–Crippen LogP) is 20.4. The Balaban J connectivity index is -0.00000153. The number of hydrogen-bond donors (Lipinski definition) is 7. The first-order valence-electron chi connectivity index (χ1n) is 54.0. The Bertz CT molecular complexity index is 3840. The highest BCUT2D eigenvalue weighted by atomic mass is 19.3. The van der Waals surface area contributed by atoms with Crippen molar-refractivity contribution in [2.45, 2.75) is 457 Å². The van der Waals surface area contributed by atoms with Gasteiger partial charge in [0.25, 0.3) is 23.7 Å². The monoisotopic (exact) mass is 2120 g/mol. The molecule has 0 bridgehead atoms. The van der Waals surface area contributed by atoms with Crippen LogP contribution in [0.1, 0.15) is 399 Å². The zero-order valence-electron chi connectivity index (χ0n) is 98.7. The van der Waals surface area contributed by atoms with Crippen LogP contribution in [0, 0.1) is 74.4 Å². The van der Waals surface area contributed by atoms with Crippen molar-refractivity contribution in [3.63, 3.8) is 0 Å². The van der Waals surface area contributed by atoms with Crippen molar-refractivity contribution in [1.82, 2.24) is 66.6 Å². The number of carbonyl (C=O) groups excluding carboxylic acids is 13. The van der Waals surface area contributed by atoms with Crippen LogP contribution in [-0.4, -0.2) is 269 Å². The number of rotatable bonds is 16. The number of amides is 13. The molecule has 0 aromatic heterocycles. The second kappa shape index (κ2) is 63.2. The van der Waals surface area contributed by atoms with E-state index in [0.29, 0.717) is 50.3 Å². The van der Waals surface area contributed by atoms with Gasteiger partial charge in [0.05, 0.1) is 32.8 Å². The Hall–Kier alpha value is -7.56. The minimum Gasteiger partial charge on any atom is -0.378 e. The van der Waals surface area contributed by atoms with Gasteiger partial charge in [-0.05, 0) is 151 Å². The van der Waals surface area contributed by atoms with Crippen LogP contribution in [0.25, 0.3) is 0 Å². The van der Waals surface area contributed by atoms with Crippen molar-refractivity contribution >= 4 is 76.8 Å². The summed E-state index contributed by atoms with van der Waals surface area (Å²) in [6.07, 6.45) is 15.8. The summed E-state index contributed by atoms with van der Waals surface area (Å²) in [5, 5.41) is 19.1. The summed E-state index contributed by atoms with van der Waals surface area (Å²) < 4.78 is 120. The summed E-state index contributed by atoms with van der Waals surface area (Å²) in [6.45, 7) is 81.0. The Kier molecular flexibility index (Phi) is 61.7. The van der Waals surface area contributed by atoms with Crippen molar-refractivity contribution < 1.29 is 107 Å². The number of nitrogens with one attached hydrogen (secondary N) is 7. The Labute approximate surface area is 881 Å². The van der Waals surface area contributed by atoms with Crippen molar-refractivity contribution in [2.75, 3.05) is 105 Å². The third-order valence-corrected chi connectivity index (χ3v) is 24.3. The van der Waals surface area contributed by atoms with Gasteiger partial charge >= 0.3 is 0 Å². The highest BCUT2D eigenvalue weighted by Gasteiger charge is 2.60. The average molecular weight is 2120 g/mol. The molecule has 0 aromatic carbocycles. The molecule has 0 radical (unpaired) electrons. The van der Waals surface area contributed by atoms with Crippen LogP contribution in [0.15, 0.2) is 0 Å². The largest absolute Gasteiger partial charge is 0.378 e. The number of piperidine rings is 4. The van der Waals surface area contributed by atoms with E-state index >= 15 is 0 Å². The Morgan fingerprint density at radius 2 is 0.646 bits per heavy atom. The third kappa shape index (κ3) is 66.1. The number of ether oxygens (including phenoxy) is 1. The fourth-order valence-corrected chi connectivity index (χ4v) is 13.6. The fourth-order valence-electron chi connectivity index (χ4n) is 13.6. The van der Waals surface area contributed by atoms with Gasteiger partial charge in [-0.1, -0.05) is 215 Å². The van der Waals surface area contributed by atoms with Crippen LogP contribution in [0.5, 0.6) is 0 Å². The first-order chi connectivity index (χ1) is 66.3. The minimum absolute atomic E-state index is 0.0181. The minimum atomic E-state index is -2.83. The van der Waals surface area contributed by atoms with E-state index in [1.54, 1.807) is 81.1 Å². The number of carbonyl (C=O) groups is 13. The van der Waals surface area contributed by atoms with Crippen LogP contribution in [0.4, 0.5) is 39.5 Å². The number of morpholine rings is 1. The van der Waals surface area contributed by atoms with Crippen LogP contribution >= 0.6 is 0 Å². The Morgan fingerprint density at radius 1 is 0.327 bits per heavy atom. The number of likely N-dealkylation sites (tertiary alicyclic amines) is 5. The van der Waals surface area contributed by atoms with Crippen molar-refractivity contribution in [3.05, 3.63) is 0 Å². The van der Waals surface area contributed by atoms with Gasteiger partial charge < -0.3 is 71.4 Å². The van der Waals surface area contributed by atoms with E-state index in [-0.39, 0.29) is 191 Å². The van der Waals surface area contributed by atoms with E-state index in [9.17, 15) is 102 Å². The molecule has 6 aliphatic heterocycles. The van der Waals surface area contributed by atoms with Gasteiger partial charge in [0, 0.05) is 202 Å². The Morgan fingerprint density at radius 3 is 0.918 bits per heavy atom. The molecule has 4 aliphatic carbocycles. The molecule has 7 N–H and O–H groups in total. The van der Waals surface area contributed by atoms with Crippen molar-refractivity contribution in [3.8, 4) is 0 Å². The number of alkyl halides is 9. The molecule has 6 saturated heterocycles. The highest BCUT2D eigenvalue weighted by Crippen LogP contribution is 2.48. The molecule has 0 spiro atoms. The maximum Gasteiger partial charge on any atom is 0.267 e. The zero-order chi connectivity index (χ0) is 116. The lowest BCUT2D eigenvalue weighted by atomic mass is 9.93. The number of halogens is 9. The third-order valence-electron chi connectivity index (χ3n) is 24.3. The van der Waals surface area contributed by atoms with Gasteiger partial charge in [-0.2, -0.15) is 0 Å². The molecule has 147 heavy (non-hydrogen) atoms. The topological polar surface area (TPSA) is 335 Å². The molecule has 27 nitrogen and oxygen atoms in total. The molecule has 4 saturated carbocycles. The maximum atomic E-state index is 13.6. The summed E-state index contributed by atoms with van der Waals surface area (Å²) >= 11 is 0. The quantitative estimate of drug-likeness (QED) is 0.0707. The van der Waals surface area contributed by atoms with Gasteiger partial charge in [-0.15, -0.1) is 0 Å². The average Bonchev–Trinajstić information content (AvgIpc) is 1.60. The molecule has 13 amide bonds. The van der Waals surface area contributed by atoms with E-state index in [1.165, 1.54) is 61.2 Å². The molecule has 10 rings (SSSR count). The van der Waals surface area contributed by atoms with E-state index in [0.717, 1.165) is 98.3 Å². The standard InChI is InChI=1S/C10H18FNO.C10H19NO.3C9H15F2NO.C9H17NO2.C9H17NO.C8H15F2NO.3C8H15NO.C8H17NO.C6H13NO/c1-8(2)9(13)12-6-4-5-10(3,11)7-12;1-10(2,3)9(12)11-7-5-4-6-8-11;1-8(2,3)7(13)12-5-4-9(10,11)6-12;1-6(2)7(13)12-9(4-5-9)8(3,10)11;1-7(2)8(13)12-5-3-9(10,11)4-6-12;1-9(2,3)8(11)10-4-6-12-7-5-10;1-8(2)9(11)10-6-4-3-5-7-10;1-7(2,3)6(12)11-5-8(4,9)10;1-8(2,3)7(10)9-6-4-5-6;2*1-6(2)7(10)9-8(3)4-5-8;1-6(2)7(10)9-8(3,4)5;1-4-7-6(8)5(2)3/h8H,4-7H2,1-3H3;4-8H2,1-3H3;4-6H2,1-3H3;6H,4-5H2,1-3H3,(H,12,13);7H,3-6H2,1-2H3;4-7H2,1-3H3;8H,3-7H2,1-2H3;5H2,1-4H3,(H,11,12);3*6H,4-5H2,1-3H3,(H,9,10);6H,1-5H3,(H,9,10);5H,4H2,1-3H3,(H,7,8). The smallest absolute Gasteiger partial charge is 0.267 e. The SMILES string of the molecule is CC(C)(C)C(=O)N1CCC(F)(F)C1.CC(C)(C)C(=O)N1CCCCC1.CC(C)(C)C(=O)N1CCOCC1.CC(C)(C)C(=O)NC1CC1.CC(C)C(=O)N1CCC(F)(F)CC1.CC(C)C(=O)N1CCCC(C)(F)C1.CC(C)C(=O)N1CCCCC1.CC(C)C(=O)NC(C)(C)C.CC(C)C(=O)NC1(C(C)(F)F)CC1.CC(C)C(=O)NC1(C)CC1.CC(C)C(=O)NC1(C)CC1.CC(F)(F)CNC(=O)C(C)(C)C.CCNC(=O)C(C)C. The van der Waals surface area contributed by atoms with E-state index < -0.39 is 58.8 Å². The molecule has 862 valence electrons. The molecule has 6 heterocycles. The summed E-state index contributed by atoms with van der Waals surface area (Å²) in [7, 11) is 0. The molecule has 1 atom stereocenters. The highest BCUT2D eigenvalue weighted by molar-refractivity contribution is 5.85.